The lowest BCUT2D eigenvalue weighted by atomic mass is 9.83. The minimum absolute atomic E-state index is 0.0138. The van der Waals surface area contributed by atoms with Crippen LogP contribution in [0.4, 0.5) is 4.39 Å². The van der Waals surface area contributed by atoms with Crippen molar-refractivity contribution in [2.24, 2.45) is 5.92 Å². The summed E-state index contributed by atoms with van der Waals surface area (Å²) in [6.07, 6.45) is 2.50. The summed E-state index contributed by atoms with van der Waals surface area (Å²) in [5.74, 6) is -0.105. The summed E-state index contributed by atoms with van der Waals surface area (Å²) < 4.78 is 38.6. The van der Waals surface area contributed by atoms with Crippen molar-refractivity contribution in [3.05, 3.63) is 65.2 Å². The Morgan fingerprint density at radius 3 is 2.28 bits per heavy atom. The fourth-order valence-electron chi connectivity index (χ4n) is 4.83. The van der Waals surface area contributed by atoms with Crippen LogP contribution in [-0.4, -0.2) is 62.7 Å². The van der Waals surface area contributed by atoms with E-state index in [1.807, 2.05) is 12.1 Å². The van der Waals surface area contributed by atoms with Crippen molar-refractivity contribution < 1.29 is 22.7 Å². The number of sulfonamides is 1. The minimum Gasteiger partial charge on any atom is -0.391 e. The molecule has 0 amide bonds. The van der Waals surface area contributed by atoms with Gasteiger partial charge in [-0.2, -0.15) is 0 Å². The van der Waals surface area contributed by atoms with Crippen molar-refractivity contribution in [1.82, 2.24) is 9.62 Å². The molecule has 0 radical (unpaired) electrons. The minimum atomic E-state index is -3.77. The van der Waals surface area contributed by atoms with Crippen LogP contribution in [-0.2, 0) is 22.9 Å². The lowest BCUT2D eigenvalue weighted by molar-refractivity contribution is 0.0239. The van der Waals surface area contributed by atoms with Crippen LogP contribution < -0.4 is 4.72 Å². The normalized spacial score (nSPS) is 22.4. The third-order valence-electron chi connectivity index (χ3n) is 6.63. The van der Waals surface area contributed by atoms with E-state index in [2.05, 4.69) is 21.8 Å². The number of carbonyl (C=O) groups excluding carboxylic acids is 1. The molecule has 2 aliphatic rings. The molecule has 1 fully saturated rings. The Morgan fingerprint density at radius 2 is 1.66 bits per heavy atom. The zero-order valence-electron chi connectivity index (χ0n) is 17.9. The second kappa shape index (κ2) is 9.79. The average molecular weight is 461 g/mol. The van der Waals surface area contributed by atoms with Crippen LogP contribution in [0.25, 0.3) is 0 Å². The van der Waals surface area contributed by atoms with Crippen molar-refractivity contribution in [2.45, 2.75) is 42.7 Å². The molecule has 1 heterocycles. The number of hydrogen-bond donors (Lipinski definition) is 2. The van der Waals surface area contributed by atoms with E-state index in [-0.39, 0.29) is 29.2 Å². The SMILES string of the molecule is O=C(c1ccc(S(=O)(=O)NCCF)cc1)C1CCN(C2Cc3ccccc3CC2O)CC1. The van der Waals surface area contributed by atoms with Gasteiger partial charge in [-0.05, 0) is 55.6 Å². The van der Waals surface area contributed by atoms with Crippen molar-refractivity contribution in [3.8, 4) is 0 Å². The van der Waals surface area contributed by atoms with Crippen LogP contribution in [0.1, 0.15) is 34.3 Å². The molecule has 2 aromatic carbocycles. The first kappa shape index (κ1) is 23.0. The lowest BCUT2D eigenvalue weighted by Gasteiger charge is -2.41. The maximum atomic E-state index is 13.0. The van der Waals surface area contributed by atoms with Crippen LogP contribution in [0, 0.1) is 5.92 Å². The van der Waals surface area contributed by atoms with E-state index in [0.717, 1.165) is 19.5 Å². The number of nitrogens with zero attached hydrogens (tertiary/aromatic N) is 1. The molecule has 0 saturated carbocycles. The smallest absolute Gasteiger partial charge is 0.240 e. The summed E-state index contributed by atoms with van der Waals surface area (Å²) in [7, 11) is -3.77. The Kier molecular flexibility index (Phi) is 7.05. The Bertz CT molecular complexity index is 1050. The number of nitrogens with one attached hydrogen (secondary N) is 1. The van der Waals surface area contributed by atoms with Gasteiger partial charge in [-0.25, -0.2) is 17.5 Å². The first-order valence-corrected chi connectivity index (χ1v) is 12.6. The van der Waals surface area contributed by atoms with Gasteiger partial charge in [0.2, 0.25) is 10.0 Å². The molecular formula is C24H29FN2O4S. The number of fused-ring (bicyclic) bond motifs is 1. The number of carbonyl (C=O) groups is 1. The van der Waals surface area contributed by atoms with E-state index in [0.29, 0.717) is 24.8 Å². The number of halogens is 1. The monoisotopic (exact) mass is 460 g/mol. The standard InChI is InChI=1S/C24H29FN2O4S/c25-11-12-26-32(30,31)21-7-5-17(6-8-21)24(29)18-9-13-27(14-10-18)22-15-19-3-1-2-4-20(19)16-23(22)28/h1-8,18,22-23,26,28H,9-16H2. The van der Waals surface area contributed by atoms with Gasteiger partial charge in [0.1, 0.15) is 6.67 Å². The molecule has 1 aliphatic carbocycles. The van der Waals surface area contributed by atoms with Gasteiger partial charge in [-0.1, -0.05) is 36.4 Å². The molecule has 4 rings (SSSR count). The van der Waals surface area contributed by atoms with E-state index in [9.17, 15) is 22.7 Å². The first-order chi connectivity index (χ1) is 15.4. The van der Waals surface area contributed by atoms with E-state index >= 15 is 0 Å². The van der Waals surface area contributed by atoms with Gasteiger partial charge in [0.15, 0.2) is 5.78 Å². The van der Waals surface area contributed by atoms with Crippen LogP contribution in [0.3, 0.4) is 0 Å². The fourth-order valence-corrected chi connectivity index (χ4v) is 5.84. The molecule has 0 aromatic heterocycles. The number of benzene rings is 2. The quantitative estimate of drug-likeness (QED) is 0.620. The zero-order chi connectivity index (χ0) is 22.7. The zero-order valence-corrected chi connectivity index (χ0v) is 18.7. The molecule has 1 saturated heterocycles. The van der Waals surface area contributed by atoms with E-state index in [1.165, 1.54) is 35.4 Å². The van der Waals surface area contributed by atoms with Gasteiger partial charge in [0, 0.05) is 30.5 Å². The fraction of sp³-hybridized carbons (Fsp3) is 0.458. The van der Waals surface area contributed by atoms with E-state index in [1.54, 1.807) is 0 Å². The van der Waals surface area contributed by atoms with Gasteiger partial charge in [0.05, 0.1) is 11.0 Å². The summed E-state index contributed by atoms with van der Waals surface area (Å²) in [5, 5.41) is 10.7. The van der Waals surface area contributed by atoms with Crippen LogP contribution in [0.15, 0.2) is 53.4 Å². The molecular weight excluding hydrogens is 431 g/mol. The maximum Gasteiger partial charge on any atom is 0.240 e. The molecule has 6 nitrogen and oxygen atoms in total. The Hall–Kier alpha value is -2.13. The summed E-state index contributed by atoms with van der Waals surface area (Å²) in [6.45, 7) is 0.446. The van der Waals surface area contributed by atoms with Gasteiger partial charge < -0.3 is 5.11 Å². The number of aliphatic hydroxyl groups excluding tert-OH is 1. The highest BCUT2D eigenvalue weighted by molar-refractivity contribution is 7.89. The van der Waals surface area contributed by atoms with Crippen molar-refractivity contribution in [1.29, 1.82) is 0 Å². The Labute approximate surface area is 188 Å². The number of ketones is 1. The van der Waals surface area contributed by atoms with Crippen molar-refractivity contribution in [2.75, 3.05) is 26.3 Å². The molecule has 172 valence electrons. The van der Waals surface area contributed by atoms with Crippen molar-refractivity contribution in [3.63, 3.8) is 0 Å². The highest BCUT2D eigenvalue weighted by atomic mass is 32.2. The number of piperidine rings is 1. The van der Waals surface area contributed by atoms with Gasteiger partial charge in [0.25, 0.3) is 0 Å². The molecule has 2 atom stereocenters. The van der Waals surface area contributed by atoms with Gasteiger partial charge in [-0.15, -0.1) is 0 Å². The number of Topliss-reactive ketones (excluding diaryl/α,β-unsaturated/α-hetero) is 1. The third-order valence-corrected chi connectivity index (χ3v) is 8.10. The largest absolute Gasteiger partial charge is 0.391 e. The molecule has 0 bridgehead atoms. The van der Waals surface area contributed by atoms with Gasteiger partial charge in [-0.3, -0.25) is 9.69 Å². The number of aliphatic hydroxyl groups is 1. The molecule has 2 unspecified atom stereocenters. The van der Waals surface area contributed by atoms with Gasteiger partial charge >= 0.3 is 0 Å². The highest BCUT2D eigenvalue weighted by Gasteiger charge is 2.35. The topological polar surface area (TPSA) is 86.7 Å². The average Bonchev–Trinajstić information content (AvgIpc) is 2.82. The van der Waals surface area contributed by atoms with E-state index < -0.39 is 22.8 Å². The second-order valence-corrected chi connectivity index (χ2v) is 10.4. The number of alkyl halides is 1. The predicted molar refractivity (Wildman–Crippen MR) is 120 cm³/mol. The summed E-state index contributed by atoms with van der Waals surface area (Å²) in [4.78, 5) is 15.3. The molecule has 0 spiro atoms. The number of likely N-dealkylation sites (tertiary alicyclic amines) is 1. The summed E-state index contributed by atoms with van der Waals surface area (Å²) >= 11 is 0. The Balaban J connectivity index is 1.36. The number of rotatable bonds is 7. The van der Waals surface area contributed by atoms with Crippen LogP contribution in [0.5, 0.6) is 0 Å². The van der Waals surface area contributed by atoms with Crippen LogP contribution in [0.2, 0.25) is 0 Å². The molecule has 2 aromatic rings. The number of hydrogen-bond acceptors (Lipinski definition) is 5. The van der Waals surface area contributed by atoms with Crippen molar-refractivity contribution >= 4 is 15.8 Å². The van der Waals surface area contributed by atoms with Crippen LogP contribution >= 0.6 is 0 Å². The first-order valence-electron chi connectivity index (χ1n) is 11.1. The molecule has 2 N–H and O–H groups in total. The molecule has 8 heteroatoms. The third kappa shape index (κ3) is 4.93. The Morgan fingerprint density at radius 1 is 1.03 bits per heavy atom. The lowest BCUT2D eigenvalue weighted by Crippen LogP contribution is -2.51. The highest BCUT2D eigenvalue weighted by Crippen LogP contribution is 2.29. The van der Waals surface area contributed by atoms with E-state index in [4.69, 9.17) is 0 Å². The second-order valence-electron chi connectivity index (χ2n) is 8.60. The predicted octanol–water partition coefficient (Wildman–Crippen LogP) is 2.36. The summed E-state index contributed by atoms with van der Waals surface area (Å²) in [6, 6.07) is 14.1. The molecule has 1 aliphatic heterocycles. The maximum absolute atomic E-state index is 13.0. The molecule has 32 heavy (non-hydrogen) atoms. The summed E-state index contributed by atoms with van der Waals surface area (Å²) in [5.41, 5.74) is 2.99.